The molecule has 0 aliphatic carbocycles. The Hall–Kier alpha value is -1.22. The number of ether oxygens (including phenoxy) is 2. The summed E-state index contributed by atoms with van der Waals surface area (Å²) < 4.78 is 11.1. The Morgan fingerprint density at radius 1 is 1.21 bits per heavy atom. The van der Waals surface area contributed by atoms with E-state index in [1.807, 2.05) is 18.2 Å². The van der Waals surface area contributed by atoms with Gasteiger partial charge in [0.25, 0.3) is 0 Å². The molecule has 3 heteroatoms. The summed E-state index contributed by atoms with van der Waals surface area (Å²) in [6.45, 7) is 6.85. The van der Waals surface area contributed by atoms with Gasteiger partial charge in [-0.15, -0.1) is 0 Å². The first-order chi connectivity index (χ1) is 9.17. The van der Waals surface area contributed by atoms with Gasteiger partial charge in [-0.05, 0) is 37.4 Å². The average Bonchev–Trinajstić information content (AvgIpc) is 2.84. The van der Waals surface area contributed by atoms with Crippen LogP contribution in [0, 0.1) is 5.92 Å². The Morgan fingerprint density at radius 3 is 2.37 bits per heavy atom. The molecule has 1 heterocycles. The number of hydrogen-bond donors (Lipinski definition) is 0. The molecule has 0 saturated carbocycles. The van der Waals surface area contributed by atoms with Crippen molar-refractivity contribution >= 4 is 0 Å². The summed E-state index contributed by atoms with van der Waals surface area (Å²) in [5.41, 5.74) is 1.21. The average molecular weight is 263 g/mol. The molecule has 106 valence electrons. The standard InChI is InChI=1S/C16H25NO2/c1-12(2)11-17-10-6-7-13(17)16-14(18-3)8-5-9-15(16)19-4/h5,8-9,12-13H,6-7,10-11H2,1-4H3. The van der Waals surface area contributed by atoms with Crippen LogP contribution in [0.3, 0.4) is 0 Å². The van der Waals surface area contributed by atoms with Gasteiger partial charge in [0, 0.05) is 12.6 Å². The van der Waals surface area contributed by atoms with E-state index in [0.29, 0.717) is 12.0 Å². The minimum absolute atomic E-state index is 0.425. The van der Waals surface area contributed by atoms with Gasteiger partial charge in [0.15, 0.2) is 0 Å². The lowest BCUT2D eigenvalue weighted by molar-refractivity contribution is 0.220. The topological polar surface area (TPSA) is 21.7 Å². The van der Waals surface area contributed by atoms with Crippen molar-refractivity contribution in [2.45, 2.75) is 32.7 Å². The lowest BCUT2D eigenvalue weighted by Crippen LogP contribution is -2.27. The summed E-state index contributed by atoms with van der Waals surface area (Å²) in [5, 5.41) is 0. The van der Waals surface area contributed by atoms with Crippen molar-refractivity contribution in [3.63, 3.8) is 0 Å². The van der Waals surface area contributed by atoms with Gasteiger partial charge in [0.2, 0.25) is 0 Å². The largest absolute Gasteiger partial charge is 0.496 e. The van der Waals surface area contributed by atoms with Crippen LogP contribution in [0.15, 0.2) is 18.2 Å². The summed E-state index contributed by atoms with van der Waals surface area (Å²) in [6.07, 6.45) is 2.43. The minimum Gasteiger partial charge on any atom is -0.496 e. The van der Waals surface area contributed by atoms with E-state index in [-0.39, 0.29) is 0 Å². The van der Waals surface area contributed by atoms with E-state index in [1.165, 1.54) is 24.9 Å². The van der Waals surface area contributed by atoms with Crippen LogP contribution in [0.5, 0.6) is 11.5 Å². The molecule has 0 spiro atoms. The van der Waals surface area contributed by atoms with E-state index in [4.69, 9.17) is 9.47 Å². The van der Waals surface area contributed by atoms with Crippen molar-refractivity contribution in [2.24, 2.45) is 5.92 Å². The number of benzene rings is 1. The quantitative estimate of drug-likeness (QED) is 0.811. The minimum atomic E-state index is 0.425. The fraction of sp³-hybridized carbons (Fsp3) is 0.625. The van der Waals surface area contributed by atoms with E-state index >= 15 is 0 Å². The third-order valence-electron chi connectivity index (χ3n) is 3.76. The second-order valence-corrected chi connectivity index (χ2v) is 5.62. The van der Waals surface area contributed by atoms with Crippen molar-refractivity contribution in [1.82, 2.24) is 4.90 Å². The van der Waals surface area contributed by atoms with Crippen LogP contribution in [0.4, 0.5) is 0 Å². The Bertz CT molecular complexity index is 395. The number of nitrogens with zero attached hydrogens (tertiary/aromatic N) is 1. The molecule has 0 radical (unpaired) electrons. The molecule has 1 aliphatic rings. The van der Waals surface area contributed by atoms with Crippen molar-refractivity contribution in [1.29, 1.82) is 0 Å². The second-order valence-electron chi connectivity index (χ2n) is 5.62. The van der Waals surface area contributed by atoms with Crippen molar-refractivity contribution in [3.05, 3.63) is 23.8 Å². The summed E-state index contributed by atoms with van der Waals surface area (Å²) in [5.74, 6) is 2.57. The van der Waals surface area contributed by atoms with Crippen molar-refractivity contribution in [3.8, 4) is 11.5 Å². The third-order valence-corrected chi connectivity index (χ3v) is 3.76. The Kier molecular flexibility index (Phi) is 4.70. The summed E-state index contributed by atoms with van der Waals surface area (Å²) in [4.78, 5) is 2.56. The predicted octanol–water partition coefficient (Wildman–Crippen LogP) is 3.50. The number of likely N-dealkylation sites (tertiary alicyclic amines) is 1. The third kappa shape index (κ3) is 3.03. The highest BCUT2D eigenvalue weighted by molar-refractivity contribution is 5.47. The Labute approximate surface area is 116 Å². The highest BCUT2D eigenvalue weighted by Crippen LogP contribution is 2.42. The maximum atomic E-state index is 5.55. The zero-order valence-electron chi connectivity index (χ0n) is 12.5. The molecule has 1 unspecified atom stereocenters. The molecule has 3 nitrogen and oxygen atoms in total. The second kappa shape index (κ2) is 6.29. The van der Waals surface area contributed by atoms with Gasteiger partial charge in [-0.25, -0.2) is 0 Å². The molecule has 0 bridgehead atoms. The van der Waals surface area contributed by atoms with E-state index in [9.17, 15) is 0 Å². The molecule has 0 amide bonds. The summed E-state index contributed by atoms with van der Waals surface area (Å²) in [7, 11) is 3.47. The first-order valence-electron chi connectivity index (χ1n) is 7.12. The first-order valence-corrected chi connectivity index (χ1v) is 7.12. The van der Waals surface area contributed by atoms with Gasteiger partial charge >= 0.3 is 0 Å². The fourth-order valence-electron chi connectivity index (χ4n) is 3.05. The maximum Gasteiger partial charge on any atom is 0.127 e. The number of rotatable bonds is 5. The van der Waals surface area contributed by atoms with Crippen molar-refractivity contribution in [2.75, 3.05) is 27.3 Å². The molecule has 2 rings (SSSR count). The van der Waals surface area contributed by atoms with Gasteiger partial charge in [0.05, 0.1) is 19.8 Å². The predicted molar refractivity (Wildman–Crippen MR) is 77.9 cm³/mol. The van der Waals surface area contributed by atoms with Crippen LogP contribution in [-0.2, 0) is 0 Å². The molecule has 1 aromatic rings. The monoisotopic (exact) mass is 263 g/mol. The highest BCUT2D eigenvalue weighted by atomic mass is 16.5. The fourth-order valence-corrected chi connectivity index (χ4v) is 3.05. The van der Waals surface area contributed by atoms with Crippen LogP contribution < -0.4 is 9.47 Å². The van der Waals surface area contributed by atoms with Gasteiger partial charge in [0.1, 0.15) is 11.5 Å². The molecular weight excluding hydrogens is 238 g/mol. The van der Waals surface area contributed by atoms with E-state index in [1.54, 1.807) is 14.2 Å². The van der Waals surface area contributed by atoms with Crippen LogP contribution >= 0.6 is 0 Å². The maximum absolute atomic E-state index is 5.55. The molecule has 19 heavy (non-hydrogen) atoms. The molecule has 1 saturated heterocycles. The van der Waals surface area contributed by atoms with E-state index < -0.39 is 0 Å². The van der Waals surface area contributed by atoms with Crippen LogP contribution in [0.2, 0.25) is 0 Å². The molecule has 0 N–H and O–H groups in total. The van der Waals surface area contributed by atoms with Crippen LogP contribution in [0.25, 0.3) is 0 Å². The van der Waals surface area contributed by atoms with Gasteiger partial charge in [-0.1, -0.05) is 19.9 Å². The number of hydrogen-bond acceptors (Lipinski definition) is 3. The lowest BCUT2D eigenvalue weighted by Gasteiger charge is -2.28. The normalized spacial score (nSPS) is 19.9. The summed E-state index contributed by atoms with van der Waals surface area (Å²) >= 11 is 0. The van der Waals surface area contributed by atoms with Gasteiger partial charge in [-0.3, -0.25) is 4.90 Å². The van der Waals surface area contributed by atoms with E-state index in [2.05, 4.69) is 18.7 Å². The van der Waals surface area contributed by atoms with Crippen LogP contribution in [0.1, 0.15) is 38.3 Å². The molecule has 1 aromatic carbocycles. The molecule has 1 aliphatic heterocycles. The molecule has 0 aromatic heterocycles. The summed E-state index contributed by atoms with van der Waals surface area (Å²) in [6, 6.07) is 6.48. The molecule has 1 fully saturated rings. The van der Waals surface area contributed by atoms with Gasteiger partial charge < -0.3 is 9.47 Å². The molecular formula is C16H25NO2. The van der Waals surface area contributed by atoms with Crippen LogP contribution in [-0.4, -0.2) is 32.2 Å². The SMILES string of the molecule is COc1cccc(OC)c1C1CCCN1CC(C)C. The first kappa shape index (κ1) is 14.2. The highest BCUT2D eigenvalue weighted by Gasteiger charge is 2.30. The zero-order valence-corrected chi connectivity index (χ0v) is 12.5. The zero-order chi connectivity index (χ0) is 13.8. The Balaban J connectivity index is 2.33. The number of methoxy groups -OCH3 is 2. The molecule has 1 atom stereocenters. The lowest BCUT2D eigenvalue weighted by atomic mass is 10.0. The van der Waals surface area contributed by atoms with Gasteiger partial charge in [-0.2, -0.15) is 0 Å². The smallest absolute Gasteiger partial charge is 0.127 e. The Morgan fingerprint density at radius 2 is 1.84 bits per heavy atom. The van der Waals surface area contributed by atoms with Crippen molar-refractivity contribution < 1.29 is 9.47 Å². The van der Waals surface area contributed by atoms with E-state index in [0.717, 1.165) is 18.0 Å².